The molecule has 0 spiro atoms. The molecule has 1 aliphatic heterocycles. The summed E-state index contributed by atoms with van der Waals surface area (Å²) >= 11 is 6.60. The third-order valence-corrected chi connectivity index (χ3v) is 5.61. The van der Waals surface area contributed by atoms with Gasteiger partial charge >= 0.3 is 0 Å². The predicted molar refractivity (Wildman–Crippen MR) is 119 cm³/mol. The predicted octanol–water partition coefficient (Wildman–Crippen LogP) is 5.19. The van der Waals surface area contributed by atoms with Crippen LogP contribution < -0.4 is 9.47 Å². The first-order valence-corrected chi connectivity index (χ1v) is 10.4. The maximum Gasteiger partial charge on any atom is 0.266 e. The van der Waals surface area contributed by atoms with Gasteiger partial charge in [0.05, 0.1) is 11.5 Å². The Hall–Kier alpha value is -2.31. The molecule has 1 amide bonds. The molecule has 1 saturated heterocycles. The topological polar surface area (TPSA) is 38.8 Å². The Morgan fingerprint density at radius 1 is 1.11 bits per heavy atom. The van der Waals surface area contributed by atoms with Crippen molar-refractivity contribution in [1.29, 1.82) is 0 Å². The molecule has 1 heterocycles. The van der Waals surface area contributed by atoms with Crippen molar-refractivity contribution in [3.05, 3.63) is 64.1 Å². The number of rotatable bonds is 7. The minimum atomic E-state index is -0.0461. The molecule has 0 bridgehead atoms. The van der Waals surface area contributed by atoms with E-state index >= 15 is 0 Å². The molecule has 0 unspecified atom stereocenters. The van der Waals surface area contributed by atoms with Gasteiger partial charge < -0.3 is 9.47 Å². The molecular formula is C22H23NO3S2. The van der Waals surface area contributed by atoms with E-state index in [0.717, 1.165) is 11.1 Å². The number of aryl methyl sites for hydroxylation is 1. The van der Waals surface area contributed by atoms with Crippen LogP contribution in [0.15, 0.2) is 47.4 Å². The standard InChI is InChI=1S/C22H23NO3S2/c1-4-23-21(24)20(28-22(23)27)13-16-9-10-18(19(12-16)25-5-2)26-14-17-8-6-7-15(3)11-17/h6-13H,4-5,14H2,1-3H3. The van der Waals surface area contributed by atoms with Gasteiger partial charge in [0.2, 0.25) is 0 Å². The van der Waals surface area contributed by atoms with Gasteiger partial charge in [0.15, 0.2) is 11.5 Å². The maximum absolute atomic E-state index is 12.4. The zero-order chi connectivity index (χ0) is 20.1. The summed E-state index contributed by atoms with van der Waals surface area (Å²) in [6.07, 6.45) is 1.85. The third-order valence-electron chi connectivity index (χ3n) is 4.23. The van der Waals surface area contributed by atoms with Gasteiger partial charge in [-0.2, -0.15) is 0 Å². The van der Waals surface area contributed by atoms with E-state index in [4.69, 9.17) is 21.7 Å². The van der Waals surface area contributed by atoms with Crippen LogP contribution in [0.1, 0.15) is 30.5 Å². The lowest BCUT2D eigenvalue weighted by Gasteiger charge is -2.13. The maximum atomic E-state index is 12.4. The largest absolute Gasteiger partial charge is 0.490 e. The average Bonchev–Trinajstić information content (AvgIpc) is 2.94. The molecule has 0 aromatic heterocycles. The van der Waals surface area contributed by atoms with Gasteiger partial charge in [0.25, 0.3) is 5.91 Å². The van der Waals surface area contributed by atoms with E-state index in [-0.39, 0.29) is 5.91 Å². The van der Waals surface area contributed by atoms with Crippen LogP contribution in [0.25, 0.3) is 6.08 Å². The fourth-order valence-electron chi connectivity index (χ4n) is 2.89. The van der Waals surface area contributed by atoms with Crippen molar-refractivity contribution < 1.29 is 14.3 Å². The molecule has 1 fully saturated rings. The van der Waals surface area contributed by atoms with Crippen molar-refractivity contribution in [1.82, 2.24) is 4.90 Å². The molecule has 6 heteroatoms. The number of thiocarbonyl (C=S) groups is 1. The van der Waals surface area contributed by atoms with Crippen LogP contribution in [0.2, 0.25) is 0 Å². The van der Waals surface area contributed by atoms with E-state index in [1.165, 1.54) is 17.3 Å². The van der Waals surface area contributed by atoms with E-state index in [2.05, 4.69) is 19.1 Å². The summed E-state index contributed by atoms with van der Waals surface area (Å²) in [6.45, 7) is 7.49. The number of carbonyl (C=O) groups is 1. The quantitative estimate of drug-likeness (QED) is 0.461. The fourth-order valence-corrected chi connectivity index (χ4v) is 4.27. The molecule has 0 aliphatic carbocycles. The highest BCUT2D eigenvalue weighted by atomic mass is 32.2. The van der Waals surface area contributed by atoms with Gasteiger partial charge in [-0.15, -0.1) is 0 Å². The lowest BCUT2D eigenvalue weighted by atomic mass is 10.1. The summed E-state index contributed by atoms with van der Waals surface area (Å²) in [6, 6.07) is 13.9. The van der Waals surface area contributed by atoms with Gasteiger partial charge in [-0.05, 0) is 50.1 Å². The van der Waals surface area contributed by atoms with Gasteiger partial charge in [-0.3, -0.25) is 9.69 Å². The minimum absolute atomic E-state index is 0.0461. The second kappa shape index (κ2) is 9.26. The summed E-state index contributed by atoms with van der Waals surface area (Å²) in [7, 11) is 0. The highest BCUT2D eigenvalue weighted by Crippen LogP contribution is 2.35. The molecule has 2 aromatic rings. The van der Waals surface area contributed by atoms with Crippen LogP contribution in [0.4, 0.5) is 0 Å². The lowest BCUT2D eigenvalue weighted by molar-refractivity contribution is -0.121. The first kappa shape index (κ1) is 20.4. The number of benzene rings is 2. The summed E-state index contributed by atoms with van der Waals surface area (Å²) in [5, 5.41) is 0. The van der Waals surface area contributed by atoms with E-state index in [1.807, 2.05) is 50.3 Å². The van der Waals surface area contributed by atoms with Crippen molar-refractivity contribution in [2.24, 2.45) is 0 Å². The van der Waals surface area contributed by atoms with E-state index in [9.17, 15) is 4.79 Å². The van der Waals surface area contributed by atoms with Gasteiger partial charge in [-0.25, -0.2) is 0 Å². The van der Waals surface area contributed by atoms with E-state index in [0.29, 0.717) is 40.5 Å². The van der Waals surface area contributed by atoms with Gasteiger partial charge in [0, 0.05) is 6.54 Å². The number of hydrogen-bond acceptors (Lipinski definition) is 5. The normalized spacial score (nSPS) is 15.4. The molecule has 0 radical (unpaired) electrons. The van der Waals surface area contributed by atoms with Crippen molar-refractivity contribution in [2.75, 3.05) is 13.2 Å². The number of likely N-dealkylation sites (N-methyl/N-ethyl adjacent to an activating group) is 1. The third kappa shape index (κ3) is 4.75. The molecule has 1 aliphatic rings. The Bertz CT molecular complexity index is 924. The van der Waals surface area contributed by atoms with Crippen molar-refractivity contribution >= 4 is 40.3 Å². The van der Waals surface area contributed by atoms with E-state index in [1.54, 1.807) is 4.90 Å². The Balaban J connectivity index is 1.80. The summed E-state index contributed by atoms with van der Waals surface area (Å²) < 4.78 is 12.3. The molecule has 2 aromatic carbocycles. The Kier molecular flexibility index (Phi) is 6.75. The van der Waals surface area contributed by atoms with Gasteiger partial charge in [-0.1, -0.05) is 59.9 Å². The molecule has 0 N–H and O–H groups in total. The molecule has 146 valence electrons. The summed E-state index contributed by atoms with van der Waals surface area (Å²) in [4.78, 5) is 14.6. The Labute approximate surface area is 175 Å². The SMILES string of the molecule is CCOc1cc(C=C2SC(=S)N(CC)C2=O)ccc1OCc1cccc(C)c1. The van der Waals surface area contributed by atoms with Gasteiger partial charge in [0.1, 0.15) is 10.9 Å². The Morgan fingerprint density at radius 3 is 2.61 bits per heavy atom. The Morgan fingerprint density at radius 2 is 1.93 bits per heavy atom. The summed E-state index contributed by atoms with van der Waals surface area (Å²) in [5.74, 6) is 1.30. The van der Waals surface area contributed by atoms with E-state index < -0.39 is 0 Å². The van der Waals surface area contributed by atoms with Crippen molar-refractivity contribution in [3.8, 4) is 11.5 Å². The number of nitrogens with zero attached hydrogens (tertiary/aromatic N) is 1. The first-order valence-electron chi connectivity index (χ1n) is 9.22. The summed E-state index contributed by atoms with van der Waals surface area (Å²) in [5.41, 5.74) is 3.18. The second-order valence-corrected chi connectivity index (χ2v) is 8.02. The van der Waals surface area contributed by atoms with Crippen LogP contribution in [0.3, 0.4) is 0 Å². The first-order chi connectivity index (χ1) is 13.5. The number of amides is 1. The second-order valence-electron chi connectivity index (χ2n) is 6.34. The number of carbonyl (C=O) groups excluding carboxylic acids is 1. The van der Waals surface area contributed by atoms with Crippen LogP contribution in [0.5, 0.6) is 11.5 Å². The molecule has 4 nitrogen and oxygen atoms in total. The number of ether oxygens (including phenoxy) is 2. The number of thioether (sulfide) groups is 1. The fraction of sp³-hybridized carbons (Fsp3) is 0.273. The highest BCUT2D eigenvalue weighted by molar-refractivity contribution is 8.26. The molecule has 0 saturated carbocycles. The van der Waals surface area contributed by atoms with Crippen LogP contribution in [0, 0.1) is 6.92 Å². The molecule has 3 rings (SSSR count). The smallest absolute Gasteiger partial charge is 0.266 e. The van der Waals surface area contributed by atoms with Crippen LogP contribution in [-0.2, 0) is 11.4 Å². The highest BCUT2D eigenvalue weighted by Gasteiger charge is 2.30. The van der Waals surface area contributed by atoms with Crippen LogP contribution in [-0.4, -0.2) is 28.3 Å². The average molecular weight is 414 g/mol. The molecule has 28 heavy (non-hydrogen) atoms. The van der Waals surface area contributed by atoms with Crippen molar-refractivity contribution in [3.63, 3.8) is 0 Å². The van der Waals surface area contributed by atoms with Crippen LogP contribution >= 0.6 is 24.0 Å². The molecule has 0 atom stereocenters. The monoisotopic (exact) mass is 413 g/mol. The van der Waals surface area contributed by atoms with Crippen molar-refractivity contribution in [2.45, 2.75) is 27.4 Å². The zero-order valence-corrected chi connectivity index (χ0v) is 17.9. The lowest BCUT2D eigenvalue weighted by Crippen LogP contribution is -2.27. The molecular weight excluding hydrogens is 390 g/mol. The zero-order valence-electron chi connectivity index (χ0n) is 16.2. The number of hydrogen-bond donors (Lipinski definition) is 0. The minimum Gasteiger partial charge on any atom is -0.490 e.